The highest BCUT2D eigenvalue weighted by molar-refractivity contribution is 5.42. The van der Waals surface area contributed by atoms with E-state index in [2.05, 4.69) is 47.8 Å². The van der Waals surface area contributed by atoms with E-state index in [0.717, 1.165) is 31.0 Å². The first kappa shape index (κ1) is 16.3. The summed E-state index contributed by atoms with van der Waals surface area (Å²) in [7, 11) is 1.73. The molecule has 0 bridgehead atoms. The lowest BCUT2D eigenvalue weighted by Crippen LogP contribution is -2.17. The normalized spacial score (nSPS) is 12.0. The van der Waals surface area contributed by atoms with Gasteiger partial charge in [-0.05, 0) is 36.7 Å². The molecule has 0 spiro atoms. The maximum absolute atomic E-state index is 5.58. The molecule has 1 aromatic heterocycles. The molecular weight excluding hydrogens is 298 g/mol. The molecule has 24 heavy (non-hydrogen) atoms. The Morgan fingerprint density at radius 3 is 2.50 bits per heavy atom. The highest BCUT2D eigenvalue weighted by Crippen LogP contribution is 2.33. The van der Waals surface area contributed by atoms with E-state index >= 15 is 0 Å². The summed E-state index contributed by atoms with van der Waals surface area (Å²) in [5.74, 6) is 2.20. The summed E-state index contributed by atoms with van der Waals surface area (Å²) in [5, 5.41) is 3.46. The molecule has 3 nitrogen and oxygen atoms in total. The van der Waals surface area contributed by atoms with Gasteiger partial charge in [-0.2, -0.15) is 0 Å². The van der Waals surface area contributed by atoms with E-state index < -0.39 is 0 Å². The second-order valence-electron chi connectivity index (χ2n) is 5.75. The van der Waals surface area contributed by atoms with Crippen molar-refractivity contribution in [1.82, 2.24) is 5.32 Å². The first-order chi connectivity index (χ1) is 11.9. The van der Waals surface area contributed by atoms with Gasteiger partial charge in [-0.1, -0.05) is 48.5 Å². The first-order valence-electron chi connectivity index (χ1n) is 8.29. The van der Waals surface area contributed by atoms with Crippen LogP contribution < -0.4 is 10.1 Å². The Labute approximate surface area is 143 Å². The molecule has 3 heteroatoms. The molecule has 0 saturated carbocycles. The number of hydrogen-bond donors (Lipinski definition) is 1. The van der Waals surface area contributed by atoms with E-state index in [1.807, 2.05) is 24.3 Å². The third-order valence-corrected chi connectivity index (χ3v) is 4.21. The number of rotatable bonds is 8. The van der Waals surface area contributed by atoms with Crippen molar-refractivity contribution in [2.45, 2.75) is 18.9 Å². The van der Waals surface area contributed by atoms with Crippen molar-refractivity contribution in [3.8, 4) is 5.75 Å². The number of ether oxygens (including phenoxy) is 1. The fraction of sp³-hybridized carbons (Fsp3) is 0.238. The Morgan fingerprint density at radius 1 is 0.958 bits per heavy atom. The van der Waals surface area contributed by atoms with Gasteiger partial charge in [-0.3, -0.25) is 0 Å². The lowest BCUT2D eigenvalue weighted by Gasteiger charge is -2.20. The largest absolute Gasteiger partial charge is 0.496 e. The maximum Gasteiger partial charge on any atom is 0.122 e. The van der Waals surface area contributed by atoms with Gasteiger partial charge in [-0.15, -0.1) is 0 Å². The molecule has 1 atom stereocenters. The summed E-state index contributed by atoms with van der Waals surface area (Å²) in [5.41, 5.74) is 2.53. The fourth-order valence-corrected chi connectivity index (χ4v) is 3.01. The van der Waals surface area contributed by atoms with Crippen LogP contribution in [0.25, 0.3) is 0 Å². The number of methoxy groups -OCH3 is 1. The topological polar surface area (TPSA) is 34.4 Å². The molecule has 0 fully saturated rings. The van der Waals surface area contributed by atoms with Crippen molar-refractivity contribution in [3.63, 3.8) is 0 Å². The Morgan fingerprint density at radius 2 is 1.75 bits per heavy atom. The number of hydrogen-bond acceptors (Lipinski definition) is 3. The molecule has 0 amide bonds. The number of benzene rings is 2. The average molecular weight is 321 g/mol. The Bertz CT molecular complexity index is 723. The van der Waals surface area contributed by atoms with E-state index in [1.54, 1.807) is 13.4 Å². The van der Waals surface area contributed by atoms with Crippen LogP contribution in [-0.2, 0) is 6.54 Å². The molecule has 0 saturated heterocycles. The molecule has 0 aliphatic rings. The quantitative estimate of drug-likeness (QED) is 0.616. The zero-order valence-electron chi connectivity index (χ0n) is 13.9. The van der Waals surface area contributed by atoms with Gasteiger partial charge in [0.1, 0.15) is 11.5 Å². The molecular formula is C21H23NO2. The van der Waals surface area contributed by atoms with Crippen LogP contribution >= 0.6 is 0 Å². The van der Waals surface area contributed by atoms with Crippen LogP contribution in [-0.4, -0.2) is 13.7 Å². The molecule has 2 aromatic carbocycles. The van der Waals surface area contributed by atoms with E-state index in [9.17, 15) is 0 Å². The van der Waals surface area contributed by atoms with Gasteiger partial charge in [0.15, 0.2) is 0 Å². The Hall–Kier alpha value is -2.52. The summed E-state index contributed by atoms with van der Waals surface area (Å²) >= 11 is 0. The van der Waals surface area contributed by atoms with Crippen molar-refractivity contribution < 1.29 is 9.15 Å². The number of para-hydroxylation sites is 1. The fourth-order valence-electron chi connectivity index (χ4n) is 3.01. The van der Waals surface area contributed by atoms with Gasteiger partial charge in [0, 0.05) is 11.5 Å². The molecule has 0 unspecified atom stereocenters. The van der Waals surface area contributed by atoms with Crippen LogP contribution in [0.5, 0.6) is 5.75 Å². The van der Waals surface area contributed by atoms with Crippen molar-refractivity contribution in [2.24, 2.45) is 0 Å². The Balaban J connectivity index is 1.73. The lowest BCUT2D eigenvalue weighted by atomic mass is 9.88. The van der Waals surface area contributed by atoms with Crippen LogP contribution in [0.3, 0.4) is 0 Å². The monoisotopic (exact) mass is 321 g/mol. The van der Waals surface area contributed by atoms with E-state index in [-0.39, 0.29) is 0 Å². The number of nitrogens with one attached hydrogen (secondary N) is 1. The van der Waals surface area contributed by atoms with E-state index in [0.29, 0.717) is 5.92 Å². The van der Waals surface area contributed by atoms with Crippen LogP contribution in [0.1, 0.15) is 29.2 Å². The SMILES string of the molecule is COc1ccccc1[C@@H](CCNCc1ccco1)c1ccccc1. The summed E-state index contributed by atoms with van der Waals surface area (Å²) in [6.07, 6.45) is 2.70. The average Bonchev–Trinajstić information content (AvgIpc) is 3.16. The third kappa shape index (κ3) is 4.06. The summed E-state index contributed by atoms with van der Waals surface area (Å²) in [6, 6.07) is 22.8. The smallest absolute Gasteiger partial charge is 0.122 e. The minimum absolute atomic E-state index is 0.298. The molecule has 1 N–H and O–H groups in total. The summed E-state index contributed by atoms with van der Waals surface area (Å²) in [4.78, 5) is 0. The molecule has 3 rings (SSSR count). The lowest BCUT2D eigenvalue weighted by molar-refractivity contribution is 0.405. The highest BCUT2D eigenvalue weighted by atomic mass is 16.5. The van der Waals surface area contributed by atoms with Gasteiger partial charge < -0.3 is 14.5 Å². The third-order valence-electron chi connectivity index (χ3n) is 4.21. The van der Waals surface area contributed by atoms with Gasteiger partial charge in [-0.25, -0.2) is 0 Å². The van der Waals surface area contributed by atoms with Gasteiger partial charge >= 0.3 is 0 Å². The van der Waals surface area contributed by atoms with Crippen molar-refractivity contribution in [2.75, 3.05) is 13.7 Å². The molecule has 3 aromatic rings. The summed E-state index contributed by atoms with van der Waals surface area (Å²) < 4.78 is 10.9. The highest BCUT2D eigenvalue weighted by Gasteiger charge is 2.17. The Kier molecular flexibility index (Phi) is 5.70. The van der Waals surface area contributed by atoms with Crippen molar-refractivity contribution in [1.29, 1.82) is 0 Å². The van der Waals surface area contributed by atoms with Gasteiger partial charge in [0.05, 0.1) is 19.9 Å². The second kappa shape index (κ2) is 8.37. The molecule has 124 valence electrons. The van der Waals surface area contributed by atoms with Gasteiger partial charge in [0.2, 0.25) is 0 Å². The van der Waals surface area contributed by atoms with Crippen LogP contribution in [0.2, 0.25) is 0 Å². The maximum atomic E-state index is 5.58. The van der Waals surface area contributed by atoms with E-state index in [4.69, 9.17) is 9.15 Å². The van der Waals surface area contributed by atoms with Gasteiger partial charge in [0.25, 0.3) is 0 Å². The standard InChI is InChI=1S/C21H23NO2/c1-23-21-12-6-5-11-20(21)19(17-8-3-2-4-9-17)13-14-22-16-18-10-7-15-24-18/h2-12,15,19,22H,13-14,16H2,1H3/t19-/m0/s1. The minimum Gasteiger partial charge on any atom is -0.496 e. The van der Waals surface area contributed by atoms with E-state index in [1.165, 1.54) is 11.1 Å². The van der Waals surface area contributed by atoms with Crippen LogP contribution in [0.4, 0.5) is 0 Å². The predicted octanol–water partition coefficient (Wildman–Crippen LogP) is 4.60. The summed E-state index contributed by atoms with van der Waals surface area (Å²) in [6.45, 7) is 1.65. The van der Waals surface area contributed by atoms with Crippen LogP contribution in [0, 0.1) is 0 Å². The molecule has 0 aliphatic carbocycles. The first-order valence-corrected chi connectivity index (χ1v) is 8.29. The molecule has 0 aliphatic heterocycles. The predicted molar refractivity (Wildman–Crippen MR) is 96.3 cm³/mol. The molecule has 1 heterocycles. The zero-order valence-corrected chi connectivity index (χ0v) is 13.9. The van der Waals surface area contributed by atoms with Crippen LogP contribution in [0.15, 0.2) is 77.4 Å². The van der Waals surface area contributed by atoms with Crippen molar-refractivity contribution >= 4 is 0 Å². The minimum atomic E-state index is 0.298. The number of furan rings is 1. The zero-order chi connectivity index (χ0) is 16.6. The van der Waals surface area contributed by atoms with Crippen molar-refractivity contribution in [3.05, 3.63) is 89.9 Å². The second-order valence-corrected chi connectivity index (χ2v) is 5.75. The molecule has 0 radical (unpaired) electrons.